The molecule has 148 valence electrons. The Morgan fingerprint density at radius 2 is 0.893 bits per heavy atom. The maximum absolute atomic E-state index is 13.1. The van der Waals surface area contributed by atoms with Crippen molar-refractivity contribution in [1.82, 2.24) is 0 Å². The van der Waals surface area contributed by atoms with Gasteiger partial charge in [-0.25, -0.2) is 0 Å². The first-order valence-electron chi connectivity index (χ1n) is 8.54. The number of ketones is 2. The van der Waals surface area contributed by atoms with E-state index in [1.165, 1.54) is 48.5 Å². The highest BCUT2D eigenvalue weighted by atomic mass is 16.4. The van der Waals surface area contributed by atoms with Crippen molar-refractivity contribution in [3.8, 4) is 0 Å². The Balaban J connectivity index is 2.22. The first-order chi connectivity index (χ1) is 13.2. The zero-order chi connectivity index (χ0) is 20.7. The number of carbonyl (C=O) groups excluding carboxylic acids is 2. The van der Waals surface area contributed by atoms with Gasteiger partial charge >= 0.3 is 0 Å². The Kier molecular flexibility index (Phi) is 5.20. The van der Waals surface area contributed by atoms with Crippen LogP contribution in [0, 0.1) is 0 Å². The standard InChI is InChI=1S/C20H20O8/c21-13-14(22)18(26)20(28,16(24)12-9-5-2-6-10-12)19(27,17(13)25)15(23)11-7-3-1-4-8-11/h1-10,13-14,17-18,21-22,25-28H. The van der Waals surface area contributed by atoms with Gasteiger partial charge in [-0.15, -0.1) is 0 Å². The average Bonchev–Trinajstić information content (AvgIpc) is 2.75. The van der Waals surface area contributed by atoms with Crippen LogP contribution in [0.25, 0.3) is 0 Å². The number of hydrogen-bond donors (Lipinski definition) is 6. The van der Waals surface area contributed by atoms with Crippen molar-refractivity contribution < 1.29 is 40.2 Å². The molecule has 0 aromatic heterocycles. The third kappa shape index (κ3) is 2.70. The quantitative estimate of drug-likeness (QED) is 0.352. The molecule has 1 fully saturated rings. The van der Waals surface area contributed by atoms with Gasteiger partial charge in [0.2, 0.25) is 11.6 Å². The molecule has 6 N–H and O–H groups in total. The first-order valence-corrected chi connectivity index (χ1v) is 8.54. The molecule has 28 heavy (non-hydrogen) atoms. The van der Waals surface area contributed by atoms with Gasteiger partial charge in [-0.1, -0.05) is 60.7 Å². The molecule has 8 nitrogen and oxygen atoms in total. The van der Waals surface area contributed by atoms with Crippen LogP contribution in [0.2, 0.25) is 0 Å². The van der Waals surface area contributed by atoms with Crippen molar-refractivity contribution in [2.45, 2.75) is 35.6 Å². The van der Waals surface area contributed by atoms with E-state index in [1.54, 1.807) is 12.1 Å². The fourth-order valence-electron chi connectivity index (χ4n) is 3.55. The predicted molar refractivity (Wildman–Crippen MR) is 95.5 cm³/mol. The number of aliphatic hydroxyl groups is 6. The number of aliphatic hydroxyl groups excluding tert-OH is 4. The summed E-state index contributed by atoms with van der Waals surface area (Å²) in [6.45, 7) is 0. The molecule has 8 heteroatoms. The number of hydrogen-bond acceptors (Lipinski definition) is 8. The van der Waals surface area contributed by atoms with Crippen LogP contribution in [0.15, 0.2) is 60.7 Å². The average molecular weight is 388 g/mol. The van der Waals surface area contributed by atoms with Crippen LogP contribution in [0.4, 0.5) is 0 Å². The Hall–Kier alpha value is -2.46. The molecule has 1 saturated carbocycles. The van der Waals surface area contributed by atoms with Crippen LogP contribution in [0.1, 0.15) is 20.7 Å². The minimum Gasteiger partial charge on any atom is -0.387 e. The van der Waals surface area contributed by atoms with Gasteiger partial charge in [-0.2, -0.15) is 0 Å². The van der Waals surface area contributed by atoms with Crippen LogP contribution in [-0.2, 0) is 0 Å². The smallest absolute Gasteiger partial charge is 0.200 e. The maximum Gasteiger partial charge on any atom is 0.200 e. The summed E-state index contributed by atoms with van der Waals surface area (Å²) in [6, 6.07) is 14.0. The first kappa shape index (κ1) is 20.3. The van der Waals surface area contributed by atoms with Gasteiger partial charge in [-0.05, 0) is 0 Å². The van der Waals surface area contributed by atoms with Gasteiger partial charge in [0.25, 0.3) is 0 Å². The molecular weight excluding hydrogens is 368 g/mol. The molecule has 1 aliphatic carbocycles. The number of carbonyl (C=O) groups is 2. The van der Waals surface area contributed by atoms with E-state index in [9.17, 15) is 40.2 Å². The Labute approximate surface area is 159 Å². The summed E-state index contributed by atoms with van der Waals surface area (Å²) < 4.78 is 0. The van der Waals surface area contributed by atoms with Gasteiger partial charge in [0.1, 0.15) is 24.4 Å². The van der Waals surface area contributed by atoms with Gasteiger partial charge in [0.15, 0.2) is 11.2 Å². The summed E-state index contributed by atoms with van der Waals surface area (Å²) in [5, 5.41) is 63.3. The van der Waals surface area contributed by atoms with Crippen molar-refractivity contribution in [3.05, 3.63) is 71.8 Å². The lowest BCUT2D eigenvalue weighted by atomic mass is 9.60. The second kappa shape index (κ2) is 7.17. The molecule has 0 saturated heterocycles. The third-order valence-corrected chi connectivity index (χ3v) is 5.20. The molecule has 0 radical (unpaired) electrons. The molecule has 0 amide bonds. The molecule has 6 atom stereocenters. The molecule has 6 unspecified atom stereocenters. The fourth-order valence-corrected chi connectivity index (χ4v) is 3.55. The normalized spacial score (nSPS) is 35.4. The summed E-state index contributed by atoms with van der Waals surface area (Å²) in [6.07, 6.45) is -9.32. The number of rotatable bonds is 4. The van der Waals surface area contributed by atoms with Crippen LogP contribution in [-0.4, -0.2) is 77.8 Å². The van der Waals surface area contributed by atoms with Crippen molar-refractivity contribution in [2.24, 2.45) is 0 Å². The van der Waals surface area contributed by atoms with Gasteiger partial charge in [0.05, 0.1) is 0 Å². The second-order valence-electron chi connectivity index (χ2n) is 6.79. The third-order valence-electron chi connectivity index (χ3n) is 5.20. The van der Waals surface area contributed by atoms with E-state index in [1.807, 2.05) is 0 Å². The monoisotopic (exact) mass is 388 g/mol. The fraction of sp³-hybridized carbons (Fsp3) is 0.300. The molecule has 0 heterocycles. The number of benzene rings is 2. The SMILES string of the molecule is O=C(c1ccccc1)C1(O)C(O)C(O)C(O)C(O)C1(O)C(=O)c1ccccc1. The Morgan fingerprint density at radius 3 is 1.18 bits per heavy atom. The summed E-state index contributed by atoms with van der Waals surface area (Å²) >= 11 is 0. The topological polar surface area (TPSA) is 156 Å². The predicted octanol–water partition coefficient (Wildman–Crippen LogP) is -1.33. The molecule has 3 rings (SSSR count). The molecule has 2 aromatic rings. The van der Waals surface area contributed by atoms with E-state index in [0.717, 1.165) is 0 Å². The highest BCUT2D eigenvalue weighted by molar-refractivity contribution is 6.13. The maximum atomic E-state index is 13.1. The van der Waals surface area contributed by atoms with Crippen molar-refractivity contribution in [2.75, 3.05) is 0 Å². The summed E-state index contributed by atoms with van der Waals surface area (Å²) in [5.41, 5.74) is -7.03. The zero-order valence-corrected chi connectivity index (χ0v) is 14.6. The van der Waals surface area contributed by atoms with E-state index in [-0.39, 0.29) is 11.1 Å². The zero-order valence-electron chi connectivity index (χ0n) is 14.6. The highest BCUT2D eigenvalue weighted by Crippen LogP contribution is 2.42. The molecule has 2 aromatic carbocycles. The molecule has 0 spiro atoms. The van der Waals surface area contributed by atoms with Gasteiger partial charge < -0.3 is 30.6 Å². The van der Waals surface area contributed by atoms with Crippen LogP contribution in [0.3, 0.4) is 0 Å². The summed E-state index contributed by atoms with van der Waals surface area (Å²) in [5.74, 6) is -2.59. The minimum atomic E-state index is -3.33. The van der Waals surface area contributed by atoms with Crippen LogP contribution < -0.4 is 0 Å². The number of Topliss-reactive ketones (excluding diaryl/α,β-unsaturated/α-hetero) is 2. The Morgan fingerprint density at radius 1 is 0.607 bits per heavy atom. The van der Waals surface area contributed by atoms with E-state index in [4.69, 9.17) is 0 Å². The second-order valence-corrected chi connectivity index (χ2v) is 6.79. The molecule has 0 bridgehead atoms. The van der Waals surface area contributed by atoms with E-state index in [2.05, 4.69) is 0 Å². The van der Waals surface area contributed by atoms with E-state index < -0.39 is 47.2 Å². The highest BCUT2D eigenvalue weighted by Gasteiger charge is 2.73. The van der Waals surface area contributed by atoms with Crippen LogP contribution in [0.5, 0.6) is 0 Å². The van der Waals surface area contributed by atoms with Crippen molar-refractivity contribution in [3.63, 3.8) is 0 Å². The summed E-state index contributed by atoms with van der Waals surface area (Å²) in [4.78, 5) is 26.1. The van der Waals surface area contributed by atoms with Gasteiger partial charge in [-0.3, -0.25) is 9.59 Å². The lowest BCUT2D eigenvalue weighted by Crippen LogP contribution is -2.82. The molecule has 1 aliphatic rings. The molecular formula is C20H20O8. The minimum absolute atomic E-state index is 0.181. The van der Waals surface area contributed by atoms with E-state index in [0.29, 0.717) is 0 Å². The lowest BCUT2D eigenvalue weighted by molar-refractivity contribution is -0.274. The van der Waals surface area contributed by atoms with Crippen molar-refractivity contribution in [1.29, 1.82) is 0 Å². The van der Waals surface area contributed by atoms with E-state index >= 15 is 0 Å². The lowest BCUT2D eigenvalue weighted by Gasteiger charge is -2.53. The Bertz CT molecular complexity index is 797. The van der Waals surface area contributed by atoms with Crippen LogP contribution >= 0.6 is 0 Å². The largest absolute Gasteiger partial charge is 0.387 e. The van der Waals surface area contributed by atoms with Gasteiger partial charge in [0, 0.05) is 11.1 Å². The summed E-state index contributed by atoms with van der Waals surface area (Å²) in [7, 11) is 0. The molecule has 0 aliphatic heterocycles. The van der Waals surface area contributed by atoms with Crippen molar-refractivity contribution >= 4 is 11.6 Å².